The Kier molecular flexibility index (Phi) is 6.39. The van der Waals surface area contributed by atoms with E-state index in [0.717, 1.165) is 11.3 Å². The van der Waals surface area contributed by atoms with E-state index in [4.69, 9.17) is 16.0 Å². The minimum Gasteiger partial charge on any atom is -0.467 e. The standard InChI is InChI=1S/C21H25ClN4O3/c1-14(25(4)13-20(27)24(2)3)21(28)26-18(19-6-5-11-29-19)12-17(23-26)15-7-9-16(22)10-8-15/h5-11,14,18H,12-13H2,1-4H3/t14-,18-/m0/s1. The van der Waals surface area contributed by atoms with Gasteiger partial charge in [0.25, 0.3) is 5.91 Å². The molecule has 1 aliphatic heterocycles. The third-order valence-corrected chi connectivity index (χ3v) is 5.34. The van der Waals surface area contributed by atoms with Gasteiger partial charge in [0.2, 0.25) is 5.91 Å². The van der Waals surface area contributed by atoms with Crippen molar-refractivity contribution in [3.05, 3.63) is 59.0 Å². The Balaban J connectivity index is 1.84. The molecular weight excluding hydrogens is 392 g/mol. The van der Waals surface area contributed by atoms with Crippen LogP contribution in [0.3, 0.4) is 0 Å². The van der Waals surface area contributed by atoms with E-state index < -0.39 is 6.04 Å². The van der Waals surface area contributed by atoms with Gasteiger partial charge in [-0.25, -0.2) is 5.01 Å². The van der Waals surface area contributed by atoms with E-state index in [-0.39, 0.29) is 24.4 Å². The lowest BCUT2D eigenvalue weighted by atomic mass is 10.0. The second-order valence-electron chi connectivity index (χ2n) is 7.35. The number of hydrazone groups is 1. The lowest BCUT2D eigenvalue weighted by Gasteiger charge is -2.29. The smallest absolute Gasteiger partial charge is 0.260 e. The summed E-state index contributed by atoms with van der Waals surface area (Å²) in [4.78, 5) is 28.5. The van der Waals surface area contributed by atoms with Gasteiger partial charge in [0.1, 0.15) is 11.8 Å². The lowest BCUT2D eigenvalue weighted by molar-refractivity contribution is -0.139. The van der Waals surface area contributed by atoms with Gasteiger partial charge in [-0.05, 0) is 43.8 Å². The molecule has 0 unspecified atom stereocenters. The van der Waals surface area contributed by atoms with Crippen LogP contribution in [0, 0.1) is 0 Å². The van der Waals surface area contributed by atoms with Crippen molar-refractivity contribution in [1.29, 1.82) is 0 Å². The van der Waals surface area contributed by atoms with Gasteiger partial charge in [-0.2, -0.15) is 5.10 Å². The Hall–Kier alpha value is -2.64. The van der Waals surface area contributed by atoms with Crippen LogP contribution in [0.5, 0.6) is 0 Å². The number of carbonyl (C=O) groups excluding carboxylic acids is 2. The molecule has 1 aromatic heterocycles. The fourth-order valence-electron chi connectivity index (χ4n) is 3.10. The van der Waals surface area contributed by atoms with Crippen LogP contribution in [0.15, 0.2) is 52.2 Å². The van der Waals surface area contributed by atoms with Crippen molar-refractivity contribution in [2.75, 3.05) is 27.7 Å². The maximum Gasteiger partial charge on any atom is 0.260 e. The molecule has 0 N–H and O–H groups in total. The van der Waals surface area contributed by atoms with Crippen LogP contribution in [-0.4, -0.2) is 66.1 Å². The van der Waals surface area contributed by atoms with Gasteiger partial charge in [0.15, 0.2) is 0 Å². The predicted octanol–water partition coefficient (Wildman–Crippen LogP) is 3.02. The number of furan rings is 1. The summed E-state index contributed by atoms with van der Waals surface area (Å²) in [5, 5.41) is 6.74. The SMILES string of the molecule is C[C@@H](C(=O)N1N=C(c2ccc(Cl)cc2)C[C@H]1c1ccco1)N(C)CC(=O)N(C)C. The topological polar surface area (TPSA) is 69.4 Å². The van der Waals surface area contributed by atoms with Crippen LogP contribution >= 0.6 is 11.6 Å². The molecule has 0 saturated carbocycles. The molecule has 2 atom stereocenters. The Morgan fingerprint density at radius 1 is 1.24 bits per heavy atom. The molecule has 1 aliphatic rings. The van der Waals surface area contributed by atoms with Crippen molar-refractivity contribution >= 4 is 29.1 Å². The number of halogens is 1. The molecule has 3 rings (SSSR count). The van der Waals surface area contributed by atoms with Gasteiger partial charge in [-0.3, -0.25) is 14.5 Å². The highest BCUT2D eigenvalue weighted by Crippen LogP contribution is 2.34. The summed E-state index contributed by atoms with van der Waals surface area (Å²) in [5.74, 6) is 0.413. The van der Waals surface area contributed by atoms with Crippen LogP contribution < -0.4 is 0 Å². The number of rotatable bonds is 6. The first kappa shape index (κ1) is 21.1. The molecule has 0 aliphatic carbocycles. The second-order valence-corrected chi connectivity index (χ2v) is 7.79. The van der Waals surface area contributed by atoms with Crippen molar-refractivity contribution in [1.82, 2.24) is 14.8 Å². The van der Waals surface area contributed by atoms with Gasteiger partial charge in [0.05, 0.1) is 24.6 Å². The molecule has 0 saturated heterocycles. The van der Waals surface area contributed by atoms with Crippen molar-refractivity contribution in [3.63, 3.8) is 0 Å². The van der Waals surface area contributed by atoms with Gasteiger partial charge >= 0.3 is 0 Å². The van der Waals surface area contributed by atoms with Gasteiger partial charge in [-0.15, -0.1) is 0 Å². The largest absolute Gasteiger partial charge is 0.467 e. The number of hydrogen-bond acceptors (Lipinski definition) is 5. The summed E-state index contributed by atoms with van der Waals surface area (Å²) >= 11 is 5.99. The summed E-state index contributed by atoms with van der Waals surface area (Å²) in [6, 6.07) is 10.2. The fourth-order valence-corrected chi connectivity index (χ4v) is 3.23. The van der Waals surface area contributed by atoms with E-state index in [0.29, 0.717) is 17.2 Å². The van der Waals surface area contributed by atoms with Crippen LogP contribution in [0.4, 0.5) is 0 Å². The molecule has 2 amide bonds. The molecule has 0 fully saturated rings. The average molecular weight is 417 g/mol. The zero-order chi connectivity index (χ0) is 21.1. The monoisotopic (exact) mass is 416 g/mol. The molecular formula is C21H25ClN4O3. The highest BCUT2D eigenvalue weighted by Gasteiger charge is 2.37. The quantitative estimate of drug-likeness (QED) is 0.725. The molecule has 1 aromatic carbocycles. The zero-order valence-electron chi connectivity index (χ0n) is 17.0. The van der Waals surface area contributed by atoms with E-state index in [1.807, 2.05) is 18.2 Å². The van der Waals surface area contributed by atoms with Crippen molar-refractivity contribution in [3.8, 4) is 0 Å². The van der Waals surface area contributed by atoms with E-state index >= 15 is 0 Å². The molecule has 0 bridgehead atoms. The molecule has 2 heterocycles. The molecule has 2 aromatic rings. The number of hydrogen-bond donors (Lipinski definition) is 0. The summed E-state index contributed by atoms with van der Waals surface area (Å²) in [6.45, 7) is 1.92. The first-order chi connectivity index (χ1) is 13.8. The van der Waals surface area contributed by atoms with E-state index in [2.05, 4.69) is 5.10 Å². The minimum absolute atomic E-state index is 0.0680. The summed E-state index contributed by atoms with van der Waals surface area (Å²) in [7, 11) is 5.14. The normalized spacial score (nSPS) is 17.4. The molecule has 8 heteroatoms. The lowest BCUT2D eigenvalue weighted by Crippen LogP contribution is -2.47. The number of carbonyl (C=O) groups is 2. The molecule has 29 heavy (non-hydrogen) atoms. The molecule has 0 spiro atoms. The average Bonchev–Trinajstić information content (AvgIpc) is 3.36. The van der Waals surface area contributed by atoms with E-state index in [9.17, 15) is 9.59 Å². The Labute approximate surface area is 175 Å². The molecule has 0 radical (unpaired) electrons. The van der Waals surface area contributed by atoms with Crippen molar-refractivity contribution in [2.24, 2.45) is 5.10 Å². The highest BCUT2D eigenvalue weighted by atomic mass is 35.5. The molecule has 7 nitrogen and oxygen atoms in total. The fraction of sp³-hybridized carbons (Fsp3) is 0.381. The predicted molar refractivity (Wildman–Crippen MR) is 112 cm³/mol. The summed E-state index contributed by atoms with van der Waals surface area (Å²) in [6.07, 6.45) is 2.12. The summed E-state index contributed by atoms with van der Waals surface area (Å²) < 4.78 is 5.57. The third kappa shape index (κ3) is 4.68. The van der Waals surface area contributed by atoms with E-state index in [1.54, 1.807) is 57.4 Å². The Morgan fingerprint density at radius 2 is 1.93 bits per heavy atom. The number of amides is 2. The number of likely N-dealkylation sites (N-methyl/N-ethyl adjacent to an activating group) is 2. The first-order valence-corrected chi connectivity index (χ1v) is 9.76. The Bertz CT molecular complexity index is 893. The van der Waals surface area contributed by atoms with Crippen LogP contribution in [-0.2, 0) is 9.59 Å². The van der Waals surface area contributed by atoms with Gasteiger partial charge < -0.3 is 9.32 Å². The molecule has 154 valence electrons. The van der Waals surface area contributed by atoms with Crippen LogP contribution in [0.25, 0.3) is 0 Å². The number of benzene rings is 1. The maximum atomic E-state index is 13.3. The summed E-state index contributed by atoms with van der Waals surface area (Å²) in [5.41, 5.74) is 1.70. The second kappa shape index (κ2) is 8.80. The number of nitrogens with zero attached hydrogens (tertiary/aromatic N) is 4. The van der Waals surface area contributed by atoms with Gasteiger partial charge in [0, 0.05) is 25.5 Å². The van der Waals surface area contributed by atoms with Crippen LogP contribution in [0.2, 0.25) is 5.02 Å². The maximum absolute atomic E-state index is 13.3. The zero-order valence-corrected chi connectivity index (χ0v) is 17.8. The van der Waals surface area contributed by atoms with Gasteiger partial charge in [-0.1, -0.05) is 23.7 Å². The Morgan fingerprint density at radius 3 is 2.52 bits per heavy atom. The highest BCUT2D eigenvalue weighted by molar-refractivity contribution is 6.30. The van der Waals surface area contributed by atoms with E-state index in [1.165, 1.54) is 9.91 Å². The van der Waals surface area contributed by atoms with Crippen LogP contribution in [0.1, 0.15) is 30.7 Å². The van der Waals surface area contributed by atoms with Crippen molar-refractivity contribution < 1.29 is 14.0 Å². The van der Waals surface area contributed by atoms with Crippen molar-refractivity contribution in [2.45, 2.75) is 25.4 Å². The first-order valence-electron chi connectivity index (χ1n) is 9.38. The minimum atomic E-state index is -0.523. The third-order valence-electron chi connectivity index (χ3n) is 5.09.